The predicted molar refractivity (Wildman–Crippen MR) is 54.9 cm³/mol. The highest BCUT2D eigenvalue weighted by atomic mass is 16.6. The molecule has 0 aliphatic heterocycles. The SMILES string of the molecule is CC(C)C(=O)C(=O)OC(C)(C)C(C)C. The third kappa shape index (κ3) is 3.48. The van der Waals surface area contributed by atoms with Gasteiger partial charge in [-0.05, 0) is 19.8 Å². The number of esters is 1. The van der Waals surface area contributed by atoms with Gasteiger partial charge in [-0.3, -0.25) is 4.79 Å². The van der Waals surface area contributed by atoms with E-state index in [1.165, 1.54) is 0 Å². The fraction of sp³-hybridized carbons (Fsp3) is 0.818. The number of hydrogen-bond donors (Lipinski definition) is 0. The quantitative estimate of drug-likeness (QED) is 0.516. The largest absolute Gasteiger partial charge is 0.454 e. The summed E-state index contributed by atoms with van der Waals surface area (Å²) < 4.78 is 5.13. The average molecular weight is 200 g/mol. The van der Waals surface area contributed by atoms with E-state index in [9.17, 15) is 9.59 Å². The van der Waals surface area contributed by atoms with Gasteiger partial charge < -0.3 is 4.74 Å². The van der Waals surface area contributed by atoms with E-state index in [2.05, 4.69) is 0 Å². The maximum atomic E-state index is 11.3. The molecule has 0 atom stereocenters. The molecule has 0 aromatic rings. The summed E-state index contributed by atoms with van der Waals surface area (Å²) in [5.74, 6) is -1.30. The van der Waals surface area contributed by atoms with Crippen LogP contribution in [0.2, 0.25) is 0 Å². The van der Waals surface area contributed by atoms with Crippen molar-refractivity contribution in [1.82, 2.24) is 0 Å². The lowest BCUT2D eigenvalue weighted by atomic mass is 9.94. The van der Waals surface area contributed by atoms with Crippen LogP contribution in [0.5, 0.6) is 0 Å². The first-order valence-corrected chi connectivity index (χ1v) is 4.95. The van der Waals surface area contributed by atoms with Gasteiger partial charge in [-0.25, -0.2) is 4.79 Å². The molecule has 0 saturated carbocycles. The molecule has 0 fully saturated rings. The molecule has 0 radical (unpaired) electrons. The van der Waals surface area contributed by atoms with Gasteiger partial charge in [0.2, 0.25) is 5.78 Å². The van der Waals surface area contributed by atoms with E-state index in [4.69, 9.17) is 4.74 Å². The average Bonchev–Trinajstić information content (AvgIpc) is 2.01. The molecule has 0 heterocycles. The Hall–Kier alpha value is -0.860. The highest BCUT2D eigenvalue weighted by molar-refractivity contribution is 6.34. The van der Waals surface area contributed by atoms with E-state index < -0.39 is 17.4 Å². The van der Waals surface area contributed by atoms with Gasteiger partial charge in [-0.15, -0.1) is 0 Å². The molecule has 0 unspecified atom stereocenters. The summed E-state index contributed by atoms with van der Waals surface area (Å²) >= 11 is 0. The lowest BCUT2D eigenvalue weighted by molar-refractivity contribution is -0.168. The third-order valence-electron chi connectivity index (χ3n) is 2.47. The van der Waals surface area contributed by atoms with Crippen molar-refractivity contribution in [2.45, 2.75) is 47.1 Å². The second-order valence-electron chi connectivity index (χ2n) is 4.67. The van der Waals surface area contributed by atoms with E-state index in [1.54, 1.807) is 13.8 Å². The maximum Gasteiger partial charge on any atom is 0.375 e. The number of carbonyl (C=O) groups is 2. The third-order valence-corrected chi connectivity index (χ3v) is 2.47. The first kappa shape index (κ1) is 13.1. The van der Waals surface area contributed by atoms with Crippen LogP contribution in [0, 0.1) is 11.8 Å². The summed E-state index contributed by atoms with van der Waals surface area (Å²) in [5.41, 5.74) is -0.582. The standard InChI is InChI=1S/C11H20O3/c1-7(2)9(12)10(13)14-11(5,6)8(3)4/h7-8H,1-6H3. The normalized spacial score (nSPS) is 12.0. The Kier molecular flexibility index (Phi) is 4.30. The zero-order valence-electron chi connectivity index (χ0n) is 9.88. The molecule has 0 aliphatic rings. The van der Waals surface area contributed by atoms with Gasteiger partial charge in [-0.2, -0.15) is 0 Å². The topological polar surface area (TPSA) is 43.4 Å². The van der Waals surface area contributed by atoms with Gasteiger partial charge in [0, 0.05) is 5.92 Å². The Labute approximate surface area is 85.8 Å². The molecule has 0 amide bonds. The van der Waals surface area contributed by atoms with Gasteiger partial charge >= 0.3 is 5.97 Å². The summed E-state index contributed by atoms with van der Waals surface area (Å²) in [6, 6.07) is 0. The second kappa shape index (κ2) is 4.58. The van der Waals surface area contributed by atoms with Crippen LogP contribution in [0.25, 0.3) is 0 Å². The summed E-state index contributed by atoms with van der Waals surface area (Å²) in [6.07, 6.45) is 0. The van der Waals surface area contributed by atoms with Crippen LogP contribution in [0.4, 0.5) is 0 Å². The molecule has 14 heavy (non-hydrogen) atoms. The molecule has 0 saturated heterocycles. The Morgan fingerprint density at radius 1 is 1.07 bits per heavy atom. The molecule has 0 aromatic heterocycles. The Bertz CT molecular complexity index is 227. The zero-order valence-corrected chi connectivity index (χ0v) is 9.88. The van der Waals surface area contributed by atoms with Gasteiger partial charge in [0.05, 0.1) is 0 Å². The minimum absolute atomic E-state index is 0.186. The molecule has 3 heteroatoms. The first-order chi connectivity index (χ1) is 6.18. The molecule has 0 bridgehead atoms. The molecule has 0 rings (SSSR count). The van der Waals surface area contributed by atoms with Crippen molar-refractivity contribution < 1.29 is 14.3 Å². The summed E-state index contributed by atoms with van der Waals surface area (Å²) in [4.78, 5) is 22.6. The smallest absolute Gasteiger partial charge is 0.375 e. The van der Waals surface area contributed by atoms with Crippen LogP contribution in [0.1, 0.15) is 41.5 Å². The van der Waals surface area contributed by atoms with E-state index in [0.717, 1.165) is 0 Å². The molecular weight excluding hydrogens is 180 g/mol. The summed E-state index contributed by atoms with van der Waals surface area (Å²) in [7, 11) is 0. The van der Waals surface area contributed by atoms with Crippen LogP contribution in [0.15, 0.2) is 0 Å². The van der Waals surface area contributed by atoms with E-state index in [0.29, 0.717) is 0 Å². The highest BCUT2D eigenvalue weighted by Crippen LogP contribution is 2.20. The minimum atomic E-state index is -0.723. The fourth-order valence-electron chi connectivity index (χ4n) is 0.643. The molecule has 82 valence electrons. The zero-order chi connectivity index (χ0) is 11.5. The fourth-order valence-corrected chi connectivity index (χ4v) is 0.643. The molecule has 0 N–H and O–H groups in total. The van der Waals surface area contributed by atoms with Crippen molar-refractivity contribution in [2.24, 2.45) is 11.8 Å². The lowest BCUT2D eigenvalue weighted by Crippen LogP contribution is -2.37. The van der Waals surface area contributed by atoms with Crippen LogP contribution in [0.3, 0.4) is 0 Å². The van der Waals surface area contributed by atoms with E-state index >= 15 is 0 Å². The van der Waals surface area contributed by atoms with Crippen LogP contribution in [-0.4, -0.2) is 17.4 Å². The molecular formula is C11H20O3. The van der Waals surface area contributed by atoms with Crippen molar-refractivity contribution in [3.63, 3.8) is 0 Å². The van der Waals surface area contributed by atoms with Crippen molar-refractivity contribution in [2.75, 3.05) is 0 Å². The monoisotopic (exact) mass is 200 g/mol. The Balaban J connectivity index is 4.40. The van der Waals surface area contributed by atoms with Crippen molar-refractivity contribution in [1.29, 1.82) is 0 Å². The van der Waals surface area contributed by atoms with Gasteiger partial charge in [0.25, 0.3) is 0 Å². The lowest BCUT2D eigenvalue weighted by Gasteiger charge is -2.28. The second-order valence-corrected chi connectivity index (χ2v) is 4.67. The van der Waals surface area contributed by atoms with Gasteiger partial charge in [0.1, 0.15) is 5.60 Å². The number of ether oxygens (including phenoxy) is 1. The van der Waals surface area contributed by atoms with E-state index in [1.807, 2.05) is 27.7 Å². The van der Waals surface area contributed by atoms with Gasteiger partial charge in [0.15, 0.2) is 0 Å². The minimum Gasteiger partial charge on any atom is -0.454 e. The van der Waals surface area contributed by atoms with Gasteiger partial charge in [-0.1, -0.05) is 27.7 Å². The summed E-state index contributed by atoms with van der Waals surface area (Å²) in [6.45, 7) is 10.9. The Morgan fingerprint density at radius 2 is 1.50 bits per heavy atom. The first-order valence-electron chi connectivity index (χ1n) is 4.95. The molecule has 0 aliphatic carbocycles. The maximum absolute atomic E-state index is 11.3. The van der Waals surface area contributed by atoms with Crippen LogP contribution in [-0.2, 0) is 14.3 Å². The van der Waals surface area contributed by atoms with Crippen molar-refractivity contribution in [3.05, 3.63) is 0 Å². The van der Waals surface area contributed by atoms with Crippen molar-refractivity contribution >= 4 is 11.8 Å². The molecule has 3 nitrogen and oxygen atoms in total. The number of Topliss-reactive ketones (excluding diaryl/α,β-unsaturated/α-hetero) is 1. The van der Waals surface area contributed by atoms with Crippen molar-refractivity contribution in [3.8, 4) is 0 Å². The molecule has 0 aromatic carbocycles. The number of ketones is 1. The highest BCUT2D eigenvalue weighted by Gasteiger charge is 2.30. The predicted octanol–water partition coefficient (Wildman–Crippen LogP) is 2.19. The van der Waals surface area contributed by atoms with E-state index in [-0.39, 0.29) is 11.8 Å². The Morgan fingerprint density at radius 3 is 1.79 bits per heavy atom. The number of hydrogen-bond acceptors (Lipinski definition) is 3. The molecule has 0 spiro atoms. The number of carbonyl (C=O) groups excluding carboxylic acids is 2. The summed E-state index contributed by atoms with van der Waals surface area (Å²) in [5, 5.41) is 0. The van der Waals surface area contributed by atoms with Crippen LogP contribution < -0.4 is 0 Å². The van der Waals surface area contributed by atoms with Crippen LogP contribution >= 0.6 is 0 Å². The number of rotatable bonds is 4.